The van der Waals surface area contributed by atoms with Crippen LogP contribution in [0.4, 0.5) is 5.69 Å². The van der Waals surface area contributed by atoms with Crippen LogP contribution in [0.25, 0.3) is 0 Å². The van der Waals surface area contributed by atoms with Gasteiger partial charge in [0.1, 0.15) is 6.07 Å². The zero-order valence-corrected chi connectivity index (χ0v) is 10.6. The van der Waals surface area contributed by atoms with Gasteiger partial charge in [-0.2, -0.15) is 5.26 Å². The van der Waals surface area contributed by atoms with Crippen molar-refractivity contribution in [3.05, 3.63) is 52.5 Å². The normalized spacial score (nSPS) is 9.89. The molecule has 0 bridgehead atoms. The lowest BCUT2D eigenvalue weighted by Crippen LogP contribution is -2.01. The summed E-state index contributed by atoms with van der Waals surface area (Å²) in [5.74, 6) is -0.338. The van der Waals surface area contributed by atoms with Crippen LogP contribution in [-0.2, 0) is 6.54 Å². The van der Waals surface area contributed by atoms with Crippen LogP contribution in [0.3, 0.4) is 0 Å². The number of nitrogens with one attached hydrogen (secondary N) is 1. The van der Waals surface area contributed by atoms with Crippen molar-refractivity contribution in [2.24, 2.45) is 0 Å². The summed E-state index contributed by atoms with van der Waals surface area (Å²) < 4.78 is 0. The fourth-order valence-electron chi connectivity index (χ4n) is 1.64. The summed E-state index contributed by atoms with van der Waals surface area (Å²) in [6, 6.07) is 11.6. The summed E-state index contributed by atoms with van der Waals surface area (Å²) in [5, 5.41) is 31.2. The highest BCUT2D eigenvalue weighted by Gasteiger charge is 2.04. The second kappa shape index (κ2) is 5.51. The van der Waals surface area contributed by atoms with Gasteiger partial charge in [-0.3, -0.25) is 0 Å². The fourth-order valence-corrected chi connectivity index (χ4v) is 1.81. The molecule has 0 fully saturated rings. The number of anilines is 1. The Balaban J connectivity index is 2.16. The monoisotopic (exact) mass is 274 g/mol. The predicted octanol–water partition coefficient (Wildman–Crippen LogP) is 3.23. The number of hydrogen-bond acceptors (Lipinski definition) is 4. The number of rotatable bonds is 3. The van der Waals surface area contributed by atoms with E-state index in [0.29, 0.717) is 22.8 Å². The van der Waals surface area contributed by atoms with E-state index in [1.807, 2.05) is 0 Å². The van der Waals surface area contributed by atoms with Gasteiger partial charge >= 0.3 is 0 Å². The number of hydrogen-bond donors (Lipinski definition) is 3. The minimum atomic E-state index is -0.175. The molecule has 19 heavy (non-hydrogen) atoms. The van der Waals surface area contributed by atoms with Crippen molar-refractivity contribution in [3.63, 3.8) is 0 Å². The number of nitriles is 1. The van der Waals surface area contributed by atoms with Gasteiger partial charge in [-0.25, -0.2) is 0 Å². The third-order valence-corrected chi connectivity index (χ3v) is 2.86. The van der Waals surface area contributed by atoms with Crippen molar-refractivity contribution in [3.8, 4) is 17.6 Å². The van der Waals surface area contributed by atoms with E-state index in [9.17, 15) is 10.2 Å². The van der Waals surface area contributed by atoms with Crippen molar-refractivity contribution < 1.29 is 10.2 Å². The Morgan fingerprint density at radius 1 is 1.11 bits per heavy atom. The number of aromatic hydroxyl groups is 2. The molecule has 2 rings (SSSR count). The van der Waals surface area contributed by atoms with Crippen LogP contribution >= 0.6 is 11.6 Å². The molecule has 4 nitrogen and oxygen atoms in total. The van der Waals surface area contributed by atoms with Crippen molar-refractivity contribution in [2.75, 3.05) is 5.32 Å². The van der Waals surface area contributed by atoms with Gasteiger partial charge in [-0.1, -0.05) is 17.7 Å². The molecule has 0 unspecified atom stereocenters. The summed E-state index contributed by atoms with van der Waals surface area (Å²) in [6.45, 7) is 0.406. The SMILES string of the molecule is N#Cc1ccc(Cl)cc1NCc1ccc(O)c(O)c1. The van der Waals surface area contributed by atoms with Crippen LogP contribution in [0.5, 0.6) is 11.5 Å². The van der Waals surface area contributed by atoms with Gasteiger partial charge in [-0.15, -0.1) is 0 Å². The maximum Gasteiger partial charge on any atom is 0.157 e. The fraction of sp³-hybridized carbons (Fsp3) is 0.0714. The largest absolute Gasteiger partial charge is 0.504 e. The first-order chi connectivity index (χ1) is 9.10. The lowest BCUT2D eigenvalue weighted by atomic mass is 10.1. The molecular formula is C14H11ClN2O2. The first kappa shape index (κ1) is 13.1. The second-order valence-corrected chi connectivity index (χ2v) is 4.41. The predicted molar refractivity (Wildman–Crippen MR) is 73.3 cm³/mol. The maximum absolute atomic E-state index is 9.39. The third kappa shape index (κ3) is 3.09. The molecule has 0 aliphatic carbocycles. The molecule has 0 aliphatic rings. The van der Waals surface area contributed by atoms with E-state index in [2.05, 4.69) is 11.4 Å². The van der Waals surface area contributed by atoms with E-state index in [-0.39, 0.29) is 11.5 Å². The molecule has 2 aromatic rings. The quantitative estimate of drug-likeness (QED) is 0.751. The smallest absolute Gasteiger partial charge is 0.157 e. The zero-order chi connectivity index (χ0) is 13.8. The molecule has 0 saturated carbocycles. The van der Waals surface area contributed by atoms with Crippen LogP contribution in [0.2, 0.25) is 5.02 Å². The summed E-state index contributed by atoms with van der Waals surface area (Å²) in [7, 11) is 0. The van der Waals surface area contributed by atoms with Gasteiger partial charge in [0.15, 0.2) is 11.5 Å². The minimum Gasteiger partial charge on any atom is -0.504 e. The summed E-state index contributed by atoms with van der Waals surface area (Å²) >= 11 is 5.88. The maximum atomic E-state index is 9.39. The lowest BCUT2D eigenvalue weighted by Gasteiger charge is -2.09. The number of halogens is 1. The van der Waals surface area contributed by atoms with Crippen LogP contribution in [-0.4, -0.2) is 10.2 Å². The van der Waals surface area contributed by atoms with Crippen molar-refractivity contribution in [2.45, 2.75) is 6.54 Å². The number of phenolic OH excluding ortho intramolecular Hbond substituents is 2. The molecule has 3 N–H and O–H groups in total. The first-order valence-corrected chi connectivity index (χ1v) is 5.92. The topological polar surface area (TPSA) is 76.3 Å². The first-order valence-electron chi connectivity index (χ1n) is 5.54. The lowest BCUT2D eigenvalue weighted by molar-refractivity contribution is 0.403. The van der Waals surface area contributed by atoms with Crippen molar-refractivity contribution in [1.29, 1.82) is 5.26 Å². The molecule has 2 aromatic carbocycles. The Hall–Kier alpha value is -2.38. The van der Waals surface area contributed by atoms with E-state index < -0.39 is 0 Å². The standard InChI is InChI=1S/C14H11ClN2O2/c15-11-3-2-10(7-16)12(6-11)17-8-9-1-4-13(18)14(19)5-9/h1-6,17-19H,8H2. The Morgan fingerprint density at radius 2 is 1.89 bits per heavy atom. The van der Waals surface area contributed by atoms with Crippen molar-refractivity contribution >= 4 is 17.3 Å². The van der Waals surface area contributed by atoms with E-state index >= 15 is 0 Å². The summed E-state index contributed by atoms with van der Waals surface area (Å²) in [6.07, 6.45) is 0. The molecular weight excluding hydrogens is 264 g/mol. The van der Waals surface area contributed by atoms with E-state index in [0.717, 1.165) is 5.56 Å². The molecule has 96 valence electrons. The van der Waals surface area contributed by atoms with Gasteiger partial charge in [0.25, 0.3) is 0 Å². The van der Waals surface area contributed by atoms with E-state index in [4.69, 9.17) is 16.9 Å². The molecule has 5 heteroatoms. The molecule has 0 atom stereocenters. The Bertz CT molecular complexity index is 650. The van der Waals surface area contributed by atoms with E-state index in [1.54, 1.807) is 24.3 Å². The molecule has 0 aliphatic heterocycles. The highest BCUT2D eigenvalue weighted by Crippen LogP contribution is 2.26. The molecule has 0 heterocycles. The van der Waals surface area contributed by atoms with Gasteiger partial charge < -0.3 is 15.5 Å². The molecule has 0 aromatic heterocycles. The van der Waals surface area contributed by atoms with Crippen molar-refractivity contribution in [1.82, 2.24) is 0 Å². The Labute approximate surface area is 115 Å². The number of phenols is 2. The van der Waals surface area contributed by atoms with Crippen LogP contribution in [0, 0.1) is 11.3 Å². The van der Waals surface area contributed by atoms with E-state index in [1.165, 1.54) is 12.1 Å². The molecule has 0 saturated heterocycles. The summed E-state index contributed by atoms with van der Waals surface area (Å²) in [4.78, 5) is 0. The second-order valence-electron chi connectivity index (χ2n) is 3.98. The van der Waals surface area contributed by atoms with Gasteiger partial charge in [0, 0.05) is 11.6 Å². The zero-order valence-electron chi connectivity index (χ0n) is 9.89. The Kier molecular flexibility index (Phi) is 3.79. The summed E-state index contributed by atoms with van der Waals surface area (Å²) in [5.41, 5.74) is 1.90. The van der Waals surface area contributed by atoms with Gasteiger partial charge in [-0.05, 0) is 35.9 Å². The average Bonchev–Trinajstić information content (AvgIpc) is 2.40. The van der Waals surface area contributed by atoms with Crippen LogP contribution in [0.1, 0.15) is 11.1 Å². The van der Waals surface area contributed by atoms with Gasteiger partial charge in [0.05, 0.1) is 11.3 Å². The van der Waals surface area contributed by atoms with Gasteiger partial charge in [0.2, 0.25) is 0 Å². The molecule has 0 radical (unpaired) electrons. The average molecular weight is 275 g/mol. The number of nitrogens with zero attached hydrogens (tertiary/aromatic N) is 1. The molecule has 0 spiro atoms. The van der Waals surface area contributed by atoms with Crippen LogP contribution in [0.15, 0.2) is 36.4 Å². The number of benzene rings is 2. The molecule has 0 amide bonds. The highest BCUT2D eigenvalue weighted by molar-refractivity contribution is 6.30. The minimum absolute atomic E-state index is 0.163. The van der Waals surface area contributed by atoms with Crippen LogP contribution < -0.4 is 5.32 Å². The Morgan fingerprint density at radius 3 is 2.58 bits per heavy atom. The highest BCUT2D eigenvalue weighted by atomic mass is 35.5. The third-order valence-electron chi connectivity index (χ3n) is 2.62.